The van der Waals surface area contributed by atoms with Gasteiger partial charge in [-0.2, -0.15) is 0 Å². The third kappa shape index (κ3) is 3.98. The average molecular weight is 410 g/mol. The number of carbonyl (C=O) groups excluding carboxylic acids is 1. The maximum absolute atomic E-state index is 11.7. The lowest BCUT2D eigenvalue weighted by Crippen LogP contribution is -2.01. The van der Waals surface area contributed by atoms with Crippen molar-refractivity contribution in [3.8, 4) is 11.4 Å². The minimum Gasteiger partial charge on any atom is -0.340 e. The number of carbonyl (C=O) groups is 1. The van der Waals surface area contributed by atoms with Crippen LogP contribution in [-0.4, -0.2) is 15.8 Å². The zero-order chi connectivity index (χ0) is 18.8. The van der Waals surface area contributed by atoms with Crippen LogP contribution < -0.4 is 5.32 Å². The SMILES string of the molecule is CC(=O)c1cccc(Nc2nc(-c3ccccc3Cl)nc3ccccc23)c1.Cl. The number of halogens is 2. The van der Waals surface area contributed by atoms with Gasteiger partial charge in [0, 0.05) is 22.2 Å². The van der Waals surface area contributed by atoms with Crippen LogP contribution >= 0.6 is 24.0 Å². The van der Waals surface area contributed by atoms with Crippen molar-refractivity contribution in [2.45, 2.75) is 6.92 Å². The summed E-state index contributed by atoms with van der Waals surface area (Å²) in [5, 5.41) is 4.81. The van der Waals surface area contributed by atoms with Crippen molar-refractivity contribution in [2.24, 2.45) is 0 Å². The van der Waals surface area contributed by atoms with Gasteiger partial charge >= 0.3 is 0 Å². The molecule has 0 saturated heterocycles. The van der Waals surface area contributed by atoms with Crippen molar-refractivity contribution in [1.82, 2.24) is 9.97 Å². The molecule has 140 valence electrons. The molecule has 0 spiro atoms. The molecule has 0 amide bonds. The van der Waals surface area contributed by atoms with Crippen LogP contribution in [0.25, 0.3) is 22.3 Å². The third-order valence-corrected chi connectivity index (χ3v) is 4.58. The Hall–Kier alpha value is -2.95. The molecule has 0 bridgehead atoms. The number of fused-ring (bicyclic) bond motifs is 1. The summed E-state index contributed by atoms with van der Waals surface area (Å²) in [6.45, 7) is 1.55. The van der Waals surface area contributed by atoms with Crippen molar-refractivity contribution in [1.29, 1.82) is 0 Å². The fraction of sp³-hybridized carbons (Fsp3) is 0.0455. The van der Waals surface area contributed by atoms with Gasteiger partial charge < -0.3 is 5.32 Å². The first kappa shape index (κ1) is 19.8. The normalized spacial score (nSPS) is 10.4. The van der Waals surface area contributed by atoms with Gasteiger partial charge in [-0.3, -0.25) is 4.79 Å². The van der Waals surface area contributed by atoms with E-state index >= 15 is 0 Å². The van der Waals surface area contributed by atoms with Gasteiger partial charge in [0.25, 0.3) is 0 Å². The van der Waals surface area contributed by atoms with Crippen LogP contribution in [0, 0.1) is 0 Å². The fourth-order valence-electron chi connectivity index (χ4n) is 2.89. The topological polar surface area (TPSA) is 54.9 Å². The molecule has 1 aromatic heterocycles. The predicted molar refractivity (Wildman–Crippen MR) is 117 cm³/mol. The zero-order valence-corrected chi connectivity index (χ0v) is 16.6. The summed E-state index contributed by atoms with van der Waals surface area (Å²) in [7, 11) is 0. The maximum Gasteiger partial charge on any atom is 0.163 e. The monoisotopic (exact) mass is 409 g/mol. The molecule has 4 nitrogen and oxygen atoms in total. The standard InChI is InChI=1S/C22H16ClN3O.ClH/c1-14(27)15-7-6-8-16(13-15)24-22-18-10-3-5-12-20(18)25-21(26-22)17-9-2-4-11-19(17)23;/h2-13H,1H3,(H,24,25,26);1H. The number of aromatic nitrogens is 2. The number of benzene rings is 3. The number of ketones is 1. The summed E-state index contributed by atoms with van der Waals surface area (Å²) in [4.78, 5) is 21.0. The van der Waals surface area contributed by atoms with Gasteiger partial charge in [0.05, 0.1) is 10.5 Å². The Labute approximate surface area is 174 Å². The lowest BCUT2D eigenvalue weighted by molar-refractivity contribution is 0.101. The highest BCUT2D eigenvalue weighted by atomic mass is 35.5. The van der Waals surface area contributed by atoms with E-state index in [0.717, 1.165) is 22.2 Å². The van der Waals surface area contributed by atoms with E-state index in [9.17, 15) is 4.79 Å². The molecule has 0 aliphatic rings. The van der Waals surface area contributed by atoms with Crippen LogP contribution in [0.15, 0.2) is 72.8 Å². The van der Waals surface area contributed by atoms with Crippen molar-refractivity contribution in [3.05, 3.63) is 83.4 Å². The second kappa shape index (κ2) is 8.38. The lowest BCUT2D eigenvalue weighted by atomic mass is 10.1. The first-order valence-corrected chi connectivity index (χ1v) is 8.89. The Kier molecular flexibility index (Phi) is 5.93. The summed E-state index contributed by atoms with van der Waals surface area (Å²) >= 11 is 6.34. The number of para-hydroxylation sites is 1. The van der Waals surface area contributed by atoms with Crippen LogP contribution in [0.3, 0.4) is 0 Å². The zero-order valence-electron chi connectivity index (χ0n) is 15.0. The minimum atomic E-state index is 0. The van der Waals surface area contributed by atoms with Gasteiger partial charge in [-0.15, -0.1) is 12.4 Å². The van der Waals surface area contributed by atoms with Crippen LogP contribution in [0.5, 0.6) is 0 Å². The average Bonchev–Trinajstić information content (AvgIpc) is 2.68. The molecule has 0 radical (unpaired) electrons. The highest BCUT2D eigenvalue weighted by Crippen LogP contribution is 2.30. The number of Topliss-reactive ketones (excluding diaryl/α,β-unsaturated/α-hetero) is 1. The molecule has 0 aliphatic heterocycles. The van der Waals surface area contributed by atoms with Gasteiger partial charge in [0.15, 0.2) is 11.6 Å². The third-order valence-electron chi connectivity index (χ3n) is 4.25. The van der Waals surface area contributed by atoms with Crippen molar-refractivity contribution >= 4 is 52.2 Å². The van der Waals surface area contributed by atoms with E-state index in [1.807, 2.05) is 66.7 Å². The number of hydrogen-bond acceptors (Lipinski definition) is 4. The van der Waals surface area contributed by atoms with E-state index < -0.39 is 0 Å². The van der Waals surface area contributed by atoms with Gasteiger partial charge in [0.2, 0.25) is 0 Å². The summed E-state index contributed by atoms with van der Waals surface area (Å²) in [6, 6.07) is 22.6. The quantitative estimate of drug-likeness (QED) is 0.400. The molecular weight excluding hydrogens is 393 g/mol. The van der Waals surface area contributed by atoms with E-state index in [4.69, 9.17) is 16.6 Å². The molecular formula is C22H17Cl2N3O. The van der Waals surface area contributed by atoms with Gasteiger partial charge in [-0.05, 0) is 43.3 Å². The predicted octanol–water partition coefficient (Wildman–Crippen LogP) is 6.32. The molecule has 28 heavy (non-hydrogen) atoms. The van der Waals surface area contributed by atoms with Crippen molar-refractivity contribution in [3.63, 3.8) is 0 Å². The molecule has 4 aromatic rings. The molecule has 0 fully saturated rings. The van der Waals surface area contributed by atoms with Crippen LogP contribution in [0.2, 0.25) is 5.02 Å². The first-order chi connectivity index (χ1) is 13.1. The maximum atomic E-state index is 11.7. The van der Waals surface area contributed by atoms with Crippen molar-refractivity contribution in [2.75, 3.05) is 5.32 Å². The largest absolute Gasteiger partial charge is 0.340 e. The first-order valence-electron chi connectivity index (χ1n) is 8.51. The molecule has 3 aromatic carbocycles. The number of nitrogens with one attached hydrogen (secondary N) is 1. The Morgan fingerprint density at radius 2 is 1.68 bits per heavy atom. The second-order valence-electron chi connectivity index (χ2n) is 6.15. The molecule has 0 unspecified atom stereocenters. The molecule has 1 N–H and O–H groups in total. The van der Waals surface area contributed by atoms with E-state index in [-0.39, 0.29) is 18.2 Å². The van der Waals surface area contributed by atoms with E-state index in [0.29, 0.717) is 22.2 Å². The molecule has 0 aliphatic carbocycles. The van der Waals surface area contributed by atoms with Crippen LogP contribution in [0.1, 0.15) is 17.3 Å². The number of rotatable bonds is 4. The Morgan fingerprint density at radius 3 is 2.46 bits per heavy atom. The number of hydrogen-bond donors (Lipinski definition) is 1. The molecule has 0 atom stereocenters. The summed E-state index contributed by atoms with van der Waals surface area (Å²) < 4.78 is 0. The van der Waals surface area contributed by atoms with E-state index in [2.05, 4.69) is 10.3 Å². The summed E-state index contributed by atoms with van der Waals surface area (Å²) in [5.74, 6) is 1.23. The highest BCUT2D eigenvalue weighted by molar-refractivity contribution is 6.33. The fourth-order valence-corrected chi connectivity index (χ4v) is 3.11. The number of nitrogens with zero attached hydrogens (tertiary/aromatic N) is 2. The summed E-state index contributed by atoms with van der Waals surface area (Å²) in [6.07, 6.45) is 0. The van der Waals surface area contributed by atoms with E-state index in [1.165, 1.54) is 0 Å². The van der Waals surface area contributed by atoms with E-state index in [1.54, 1.807) is 13.0 Å². The molecule has 6 heteroatoms. The van der Waals surface area contributed by atoms with Crippen LogP contribution in [-0.2, 0) is 0 Å². The van der Waals surface area contributed by atoms with Gasteiger partial charge in [-0.1, -0.05) is 48.0 Å². The minimum absolute atomic E-state index is 0. The lowest BCUT2D eigenvalue weighted by Gasteiger charge is -2.12. The van der Waals surface area contributed by atoms with Gasteiger partial charge in [-0.25, -0.2) is 9.97 Å². The van der Waals surface area contributed by atoms with Crippen molar-refractivity contribution < 1.29 is 4.79 Å². The highest BCUT2D eigenvalue weighted by Gasteiger charge is 2.12. The molecule has 4 rings (SSSR count). The smallest absolute Gasteiger partial charge is 0.163 e. The van der Waals surface area contributed by atoms with Crippen LogP contribution in [0.4, 0.5) is 11.5 Å². The van der Waals surface area contributed by atoms with Gasteiger partial charge in [0.1, 0.15) is 5.82 Å². The Morgan fingerprint density at radius 1 is 0.929 bits per heavy atom. The molecule has 0 saturated carbocycles. The number of anilines is 2. The molecule has 1 heterocycles. The summed E-state index contributed by atoms with van der Waals surface area (Å²) in [5.41, 5.74) is 3.01. The second-order valence-corrected chi connectivity index (χ2v) is 6.56. The Bertz CT molecular complexity index is 1160. The Balaban J connectivity index is 0.00000225.